The minimum absolute atomic E-state index is 0.325. The van der Waals surface area contributed by atoms with E-state index in [1.807, 2.05) is 31.2 Å². The Labute approximate surface area is 161 Å². The van der Waals surface area contributed by atoms with E-state index in [1.54, 1.807) is 31.2 Å². The molecule has 1 amide bonds. The van der Waals surface area contributed by atoms with Gasteiger partial charge in [0.05, 0.1) is 21.5 Å². The van der Waals surface area contributed by atoms with Crippen LogP contribution < -0.4 is 5.43 Å². The van der Waals surface area contributed by atoms with E-state index >= 15 is 0 Å². The number of hydrogen-bond acceptors (Lipinski definition) is 3. The van der Waals surface area contributed by atoms with Crippen molar-refractivity contribution in [3.05, 3.63) is 75.4 Å². The molecule has 0 saturated carbocycles. The van der Waals surface area contributed by atoms with Gasteiger partial charge in [0.15, 0.2) is 0 Å². The molecule has 0 aliphatic heterocycles. The molecule has 0 atom stereocenters. The van der Waals surface area contributed by atoms with Gasteiger partial charge in [0.1, 0.15) is 5.69 Å². The average Bonchev–Trinajstić information content (AvgIpc) is 3.12. The first-order valence-electron chi connectivity index (χ1n) is 7.86. The highest BCUT2D eigenvalue weighted by molar-refractivity contribution is 6.42. The summed E-state index contributed by atoms with van der Waals surface area (Å²) in [5.74, 6) is -0.379. The van der Waals surface area contributed by atoms with E-state index in [-0.39, 0.29) is 5.91 Å². The van der Waals surface area contributed by atoms with Gasteiger partial charge in [0, 0.05) is 5.56 Å². The topological polar surface area (TPSA) is 70.1 Å². The van der Waals surface area contributed by atoms with Gasteiger partial charge in [-0.2, -0.15) is 10.2 Å². The van der Waals surface area contributed by atoms with Gasteiger partial charge in [-0.05, 0) is 37.6 Å². The van der Waals surface area contributed by atoms with E-state index in [0.29, 0.717) is 27.1 Å². The van der Waals surface area contributed by atoms with Gasteiger partial charge >= 0.3 is 0 Å². The molecule has 1 heterocycles. The van der Waals surface area contributed by atoms with Crippen LogP contribution in [0.1, 0.15) is 28.5 Å². The number of hydrogen-bond donors (Lipinski definition) is 2. The van der Waals surface area contributed by atoms with Gasteiger partial charge in [-0.25, -0.2) is 5.43 Å². The molecule has 7 heteroatoms. The molecule has 3 aromatic rings. The van der Waals surface area contributed by atoms with Crippen molar-refractivity contribution in [3.8, 4) is 11.3 Å². The molecule has 2 aromatic carbocycles. The Bertz CT molecular complexity index is 977. The quantitative estimate of drug-likeness (QED) is 0.497. The summed E-state index contributed by atoms with van der Waals surface area (Å²) in [5.41, 5.74) is 7.00. The van der Waals surface area contributed by atoms with Crippen molar-refractivity contribution >= 4 is 34.8 Å². The standard InChI is InChI=1S/C19H16Cl2N4O/c1-11-3-5-13(6-4-11)17-10-18(24-23-17)19(26)25-22-12(2)14-7-8-15(20)16(21)9-14/h3-10H,1-2H3,(H,23,24)(H,25,26)/b22-12-. The fourth-order valence-corrected chi connectivity index (χ4v) is 2.59. The molecule has 0 fully saturated rings. The highest BCUT2D eigenvalue weighted by Gasteiger charge is 2.11. The lowest BCUT2D eigenvalue weighted by Crippen LogP contribution is -2.19. The summed E-state index contributed by atoms with van der Waals surface area (Å²) in [4.78, 5) is 12.3. The fourth-order valence-electron chi connectivity index (χ4n) is 2.29. The molecule has 0 unspecified atom stereocenters. The molecule has 0 aliphatic rings. The first-order valence-corrected chi connectivity index (χ1v) is 8.62. The van der Waals surface area contributed by atoms with Crippen molar-refractivity contribution in [2.45, 2.75) is 13.8 Å². The van der Waals surface area contributed by atoms with Gasteiger partial charge in [-0.15, -0.1) is 0 Å². The zero-order chi connectivity index (χ0) is 18.7. The third-order valence-corrected chi connectivity index (χ3v) is 4.57. The largest absolute Gasteiger partial charge is 0.289 e. The van der Waals surface area contributed by atoms with E-state index in [0.717, 1.165) is 16.7 Å². The lowest BCUT2D eigenvalue weighted by molar-refractivity contribution is 0.0950. The Morgan fingerprint density at radius 3 is 2.50 bits per heavy atom. The Kier molecular flexibility index (Phi) is 5.40. The van der Waals surface area contributed by atoms with Crippen molar-refractivity contribution in [1.29, 1.82) is 0 Å². The van der Waals surface area contributed by atoms with Gasteiger partial charge in [0.2, 0.25) is 0 Å². The molecule has 26 heavy (non-hydrogen) atoms. The summed E-state index contributed by atoms with van der Waals surface area (Å²) in [7, 11) is 0. The zero-order valence-corrected chi connectivity index (χ0v) is 15.7. The summed E-state index contributed by atoms with van der Waals surface area (Å²) in [6, 6.07) is 14.8. The van der Waals surface area contributed by atoms with Crippen LogP contribution in [0.5, 0.6) is 0 Å². The summed E-state index contributed by atoms with van der Waals surface area (Å²) in [6.07, 6.45) is 0. The van der Waals surface area contributed by atoms with Gasteiger partial charge < -0.3 is 0 Å². The number of halogens is 2. The molecule has 0 bridgehead atoms. The van der Waals surface area contributed by atoms with E-state index < -0.39 is 0 Å². The Hall–Kier alpha value is -2.63. The Morgan fingerprint density at radius 1 is 1.08 bits per heavy atom. The first kappa shape index (κ1) is 18.2. The van der Waals surface area contributed by atoms with Crippen LogP contribution in [0.3, 0.4) is 0 Å². The summed E-state index contributed by atoms with van der Waals surface area (Å²) >= 11 is 11.9. The van der Waals surface area contributed by atoms with Crippen LogP contribution in [0.2, 0.25) is 10.0 Å². The average molecular weight is 387 g/mol. The van der Waals surface area contributed by atoms with Crippen molar-refractivity contribution in [2.24, 2.45) is 5.10 Å². The number of aryl methyl sites for hydroxylation is 1. The molecule has 0 saturated heterocycles. The minimum atomic E-state index is -0.379. The first-order chi connectivity index (χ1) is 12.4. The maximum atomic E-state index is 12.3. The molecule has 2 N–H and O–H groups in total. The SMILES string of the molecule is C/C(=N/NC(=O)c1cc(-c2ccc(C)cc2)n[nH]1)c1ccc(Cl)c(Cl)c1. The number of nitrogens with zero attached hydrogens (tertiary/aromatic N) is 2. The van der Waals surface area contributed by atoms with Crippen LogP contribution in [0, 0.1) is 6.92 Å². The number of benzene rings is 2. The minimum Gasteiger partial charge on any atom is -0.272 e. The van der Waals surface area contributed by atoms with Gasteiger partial charge in [-0.1, -0.05) is 59.1 Å². The van der Waals surface area contributed by atoms with Crippen LogP contribution in [0.25, 0.3) is 11.3 Å². The third-order valence-electron chi connectivity index (χ3n) is 3.83. The van der Waals surface area contributed by atoms with Crippen LogP contribution in [-0.2, 0) is 0 Å². The predicted molar refractivity (Wildman–Crippen MR) is 105 cm³/mol. The molecule has 1 aromatic heterocycles. The lowest BCUT2D eigenvalue weighted by atomic mass is 10.1. The lowest BCUT2D eigenvalue weighted by Gasteiger charge is -2.03. The molecular weight excluding hydrogens is 371 g/mol. The van der Waals surface area contributed by atoms with Gasteiger partial charge in [0.25, 0.3) is 5.91 Å². The van der Waals surface area contributed by atoms with E-state index in [2.05, 4.69) is 20.7 Å². The van der Waals surface area contributed by atoms with E-state index in [9.17, 15) is 4.79 Å². The molecule has 0 spiro atoms. The number of nitrogens with one attached hydrogen (secondary N) is 2. The maximum Gasteiger partial charge on any atom is 0.289 e. The van der Waals surface area contributed by atoms with E-state index in [1.165, 1.54) is 0 Å². The molecule has 132 valence electrons. The van der Waals surface area contributed by atoms with Crippen LogP contribution in [0.15, 0.2) is 53.6 Å². The molecule has 5 nitrogen and oxygen atoms in total. The summed E-state index contributed by atoms with van der Waals surface area (Å²) in [6.45, 7) is 3.78. The summed E-state index contributed by atoms with van der Waals surface area (Å²) in [5, 5.41) is 11.9. The maximum absolute atomic E-state index is 12.3. The highest BCUT2D eigenvalue weighted by atomic mass is 35.5. The number of amides is 1. The number of hydrazone groups is 1. The Balaban J connectivity index is 1.72. The molecule has 3 rings (SSSR count). The Morgan fingerprint density at radius 2 is 1.81 bits per heavy atom. The number of aromatic amines is 1. The smallest absolute Gasteiger partial charge is 0.272 e. The highest BCUT2D eigenvalue weighted by Crippen LogP contribution is 2.23. The predicted octanol–water partition coefficient (Wildman–Crippen LogP) is 4.85. The second-order valence-corrected chi connectivity index (χ2v) is 6.61. The van der Waals surface area contributed by atoms with Crippen molar-refractivity contribution in [1.82, 2.24) is 15.6 Å². The monoisotopic (exact) mass is 386 g/mol. The molecule has 0 radical (unpaired) electrons. The second kappa shape index (κ2) is 7.72. The number of rotatable bonds is 4. The van der Waals surface area contributed by atoms with Crippen molar-refractivity contribution in [3.63, 3.8) is 0 Å². The molecule has 0 aliphatic carbocycles. The van der Waals surface area contributed by atoms with E-state index in [4.69, 9.17) is 23.2 Å². The van der Waals surface area contributed by atoms with Crippen LogP contribution in [0.4, 0.5) is 0 Å². The normalized spacial score (nSPS) is 11.5. The van der Waals surface area contributed by atoms with Crippen LogP contribution in [-0.4, -0.2) is 21.8 Å². The molecular formula is C19H16Cl2N4O. The third kappa shape index (κ3) is 4.12. The number of carbonyl (C=O) groups is 1. The zero-order valence-electron chi connectivity index (χ0n) is 14.2. The van der Waals surface area contributed by atoms with Gasteiger partial charge in [-0.3, -0.25) is 9.89 Å². The fraction of sp³-hybridized carbons (Fsp3) is 0.105. The number of H-pyrrole nitrogens is 1. The number of carbonyl (C=O) groups excluding carboxylic acids is 1. The van der Waals surface area contributed by atoms with Crippen molar-refractivity contribution in [2.75, 3.05) is 0 Å². The van der Waals surface area contributed by atoms with Crippen molar-refractivity contribution < 1.29 is 4.79 Å². The second-order valence-electron chi connectivity index (χ2n) is 5.80. The van der Waals surface area contributed by atoms with Crippen LogP contribution >= 0.6 is 23.2 Å². The number of aromatic nitrogens is 2. The summed E-state index contributed by atoms with van der Waals surface area (Å²) < 4.78 is 0.